The third kappa shape index (κ3) is 3.62. The van der Waals surface area contributed by atoms with Crippen molar-refractivity contribution in [1.29, 1.82) is 0 Å². The van der Waals surface area contributed by atoms with Gasteiger partial charge in [-0.15, -0.1) is 0 Å². The molecule has 3 rings (SSSR count). The Bertz CT molecular complexity index is 832. The smallest absolute Gasteiger partial charge is 0.268 e. The lowest BCUT2D eigenvalue weighted by Gasteiger charge is -2.16. The van der Waals surface area contributed by atoms with Gasteiger partial charge in [0, 0.05) is 31.2 Å². The van der Waals surface area contributed by atoms with E-state index in [0.29, 0.717) is 37.4 Å². The number of hydrogen-bond acceptors (Lipinski definition) is 5. The maximum atomic E-state index is 12.4. The van der Waals surface area contributed by atoms with Crippen LogP contribution in [0.4, 0.5) is 0 Å². The van der Waals surface area contributed by atoms with Crippen molar-refractivity contribution in [2.24, 2.45) is 0 Å². The first kappa shape index (κ1) is 16.6. The normalized spacial score (nSPS) is 15.5. The average molecular weight is 349 g/mol. The van der Waals surface area contributed by atoms with Gasteiger partial charge in [-0.05, 0) is 18.6 Å². The number of aromatic nitrogens is 3. The number of hydrogen-bond donors (Lipinski definition) is 1. The van der Waals surface area contributed by atoms with Gasteiger partial charge < -0.3 is 9.88 Å². The zero-order valence-corrected chi connectivity index (χ0v) is 14.2. The zero-order valence-electron chi connectivity index (χ0n) is 13.3. The molecule has 0 atom stereocenters. The molecular formula is C15H19N5O3S. The van der Waals surface area contributed by atoms with Crippen LogP contribution in [0.25, 0.3) is 0 Å². The van der Waals surface area contributed by atoms with E-state index in [0.717, 1.165) is 5.69 Å². The quantitative estimate of drug-likeness (QED) is 0.860. The summed E-state index contributed by atoms with van der Waals surface area (Å²) in [6.07, 6.45) is 6.62. The van der Waals surface area contributed by atoms with Crippen LogP contribution < -0.4 is 5.32 Å². The summed E-state index contributed by atoms with van der Waals surface area (Å²) in [7, 11) is -3.24. The van der Waals surface area contributed by atoms with Gasteiger partial charge in [0.15, 0.2) is 0 Å². The average Bonchev–Trinajstić information content (AvgIpc) is 2.82. The van der Waals surface area contributed by atoms with Crippen molar-refractivity contribution < 1.29 is 13.2 Å². The molecular weight excluding hydrogens is 330 g/mol. The lowest BCUT2D eigenvalue weighted by Crippen LogP contribution is -2.29. The van der Waals surface area contributed by atoms with Crippen LogP contribution in [0, 0.1) is 0 Å². The molecule has 1 amide bonds. The van der Waals surface area contributed by atoms with Crippen LogP contribution in [0.3, 0.4) is 0 Å². The zero-order chi connectivity index (χ0) is 17.2. The Balaban J connectivity index is 1.74. The molecule has 24 heavy (non-hydrogen) atoms. The minimum absolute atomic E-state index is 0.209. The Kier molecular flexibility index (Phi) is 4.63. The molecule has 0 saturated carbocycles. The summed E-state index contributed by atoms with van der Waals surface area (Å²) >= 11 is 0. The van der Waals surface area contributed by atoms with Crippen molar-refractivity contribution in [2.45, 2.75) is 26.1 Å². The van der Waals surface area contributed by atoms with Crippen molar-refractivity contribution in [2.75, 3.05) is 12.8 Å². The minimum atomic E-state index is -3.24. The molecule has 128 valence electrons. The van der Waals surface area contributed by atoms with Crippen LogP contribution in [0.15, 0.2) is 30.7 Å². The molecule has 0 saturated heterocycles. The fourth-order valence-corrected chi connectivity index (χ4v) is 3.57. The van der Waals surface area contributed by atoms with Gasteiger partial charge in [0.1, 0.15) is 5.69 Å². The topological polar surface area (TPSA) is 97.2 Å². The molecule has 0 unspecified atom stereocenters. The molecule has 2 aromatic rings. The number of carbonyl (C=O) groups excluding carboxylic acids is 1. The van der Waals surface area contributed by atoms with Gasteiger partial charge in [-0.1, -0.05) is 0 Å². The van der Waals surface area contributed by atoms with Crippen molar-refractivity contribution in [3.63, 3.8) is 0 Å². The van der Waals surface area contributed by atoms with E-state index in [1.165, 1.54) is 10.6 Å². The molecule has 1 N–H and O–H groups in total. The number of rotatable bonds is 4. The lowest BCUT2D eigenvalue weighted by atomic mass is 10.3. The highest BCUT2D eigenvalue weighted by atomic mass is 32.2. The summed E-state index contributed by atoms with van der Waals surface area (Å²) in [6, 6.07) is 3.54. The molecule has 0 radical (unpaired) electrons. The van der Waals surface area contributed by atoms with Crippen LogP contribution in [0.2, 0.25) is 0 Å². The van der Waals surface area contributed by atoms with E-state index >= 15 is 0 Å². The molecule has 0 fully saturated rings. The van der Waals surface area contributed by atoms with Crippen LogP contribution in [0.1, 0.15) is 28.3 Å². The van der Waals surface area contributed by atoms with E-state index in [1.807, 2.05) is 4.57 Å². The van der Waals surface area contributed by atoms with Gasteiger partial charge in [0.2, 0.25) is 10.0 Å². The fraction of sp³-hybridized carbons (Fsp3) is 0.400. The second kappa shape index (κ2) is 6.70. The highest BCUT2D eigenvalue weighted by Gasteiger charge is 2.24. The predicted octanol–water partition coefficient (Wildman–Crippen LogP) is 0.373. The fourth-order valence-electron chi connectivity index (χ4n) is 2.74. The van der Waals surface area contributed by atoms with E-state index in [9.17, 15) is 13.2 Å². The molecule has 0 aliphatic carbocycles. The Hall–Kier alpha value is -2.26. The highest BCUT2D eigenvalue weighted by molar-refractivity contribution is 7.88. The first-order chi connectivity index (χ1) is 11.4. The number of fused-ring (bicyclic) bond motifs is 1. The Morgan fingerprint density at radius 3 is 2.83 bits per heavy atom. The van der Waals surface area contributed by atoms with Crippen molar-refractivity contribution in [3.05, 3.63) is 47.8 Å². The SMILES string of the molecule is CS(=O)(=O)N1CCCn2c(ccc2C(=O)NCc2cnccn2)C1. The van der Waals surface area contributed by atoms with Gasteiger partial charge in [0.05, 0.1) is 31.2 Å². The molecule has 1 aliphatic rings. The van der Waals surface area contributed by atoms with Crippen LogP contribution >= 0.6 is 0 Å². The maximum Gasteiger partial charge on any atom is 0.268 e. The van der Waals surface area contributed by atoms with E-state index in [-0.39, 0.29) is 12.5 Å². The Labute approximate surface area is 140 Å². The maximum absolute atomic E-state index is 12.4. The van der Waals surface area contributed by atoms with Crippen LogP contribution in [-0.2, 0) is 29.7 Å². The number of nitrogens with one attached hydrogen (secondary N) is 1. The second-order valence-electron chi connectivity index (χ2n) is 5.69. The Morgan fingerprint density at radius 2 is 2.12 bits per heavy atom. The summed E-state index contributed by atoms with van der Waals surface area (Å²) in [5.41, 5.74) is 2.03. The molecule has 0 spiro atoms. The Morgan fingerprint density at radius 1 is 1.29 bits per heavy atom. The van der Waals surface area contributed by atoms with E-state index < -0.39 is 10.0 Å². The van der Waals surface area contributed by atoms with Crippen LogP contribution in [-0.4, -0.2) is 46.0 Å². The second-order valence-corrected chi connectivity index (χ2v) is 7.67. The number of carbonyl (C=O) groups is 1. The minimum Gasteiger partial charge on any atom is -0.345 e. The largest absolute Gasteiger partial charge is 0.345 e. The first-order valence-corrected chi connectivity index (χ1v) is 9.46. The molecule has 3 heterocycles. The van der Waals surface area contributed by atoms with E-state index in [4.69, 9.17) is 0 Å². The van der Waals surface area contributed by atoms with Crippen molar-refractivity contribution in [3.8, 4) is 0 Å². The molecule has 0 aromatic carbocycles. The van der Waals surface area contributed by atoms with Gasteiger partial charge >= 0.3 is 0 Å². The van der Waals surface area contributed by atoms with Gasteiger partial charge in [-0.2, -0.15) is 4.31 Å². The summed E-state index contributed by atoms with van der Waals surface area (Å²) in [4.78, 5) is 20.5. The summed E-state index contributed by atoms with van der Waals surface area (Å²) < 4.78 is 26.9. The summed E-state index contributed by atoms with van der Waals surface area (Å²) in [6.45, 7) is 1.66. The molecule has 0 bridgehead atoms. The van der Waals surface area contributed by atoms with Gasteiger partial charge in [-0.25, -0.2) is 8.42 Å². The third-order valence-electron chi connectivity index (χ3n) is 3.95. The first-order valence-electron chi connectivity index (χ1n) is 7.62. The summed E-state index contributed by atoms with van der Waals surface area (Å²) in [5.74, 6) is -0.209. The monoisotopic (exact) mass is 349 g/mol. The molecule has 2 aromatic heterocycles. The molecule has 9 heteroatoms. The predicted molar refractivity (Wildman–Crippen MR) is 87.5 cm³/mol. The highest BCUT2D eigenvalue weighted by Crippen LogP contribution is 2.18. The van der Waals surface area contributed by atoms with Gasteiger partial charge in [-0.3, -0.25) is 14.8 Å². The van der Waals surface area contributed by atoms with E-state index in [2.05, 4.69) is 15.3 Å². The summed E-state index contributed by atoms with van der Waals surface area (Å²) in [5, 5.41) is 2.82. The third-order valence-corrected chi connectivity index (χ3v) is 5.20. The molecule has 8 nitrogen and oxygen atoms in total. The van der Waals surface area contributed by atoms with Crippen LogP contribution in [0.5, 0.6) is 0 Å². The number of sulfonamides is 1. The van der Waals surface area contributed by atoms with Crippen molar-refractivity contribution >= 4 is 15.9 Å². The van der Waals surface area contributed by atoms with Gasteiger partial charge in [0.25, 0.3) is 5.91 Å². The van der Waals surface area contributed by atoms with E-state index in [1.54, 1.807) is 30.7 Å². The van der Waals surface area contributed by atoms with Crippen molar-refractivity contribution in [1.82, 2.24) is 24.2 Å². The molecule has 1 aliphatic heterocycles. The lowest BCUT2D eigenvalue weighted by molar-refractivity contribution is 0.0940. The number of nitrogens with zero attached hydrogens (tertiary/aromatic N) is 4. The standard InChI is InChI=1S/C15H19N5O3S/c1-24(22,23)19-7-2-8-20-13(11-19)3-4-14(20)15(21)18-10-12-9-16-5-6-17-12/h3-6,9H,2,7-8,10-11H2,1H3,(H,18,21). The number of amides is 1.